The molecular formula is C11H13N3. The van der Waals surface area contributed by atoms with E-state index < -0.39 is 0 Å². The maximum Gasteiger partial charge on any atom is 0.101 e. The summed E-state index contributed by atoms with van der Waals surface area (Å²) < 4.78 is 0. The maximum absolute atomic E-state index is 8.76. The largest absolute Gasteiger partial charge is 0.312 e. The molecule has 0 aromatic carbocycles. The average Bonchev–Trinajstić information content (AvgIpc) is 2.27. The van der Waals surface area contributed by atoms with Crippen LogP contribution in [0.15, 0.2) is 12.3 Å². The number of fused-ring (bicyclic) bond motifs is 1. The first-order chi connectivity index (χ1) is 6.85. The Labute approximate surface area is 83.8 Å². The summed E-state index contributed by atoms with van der Waals surface area (Å²) in [7, 11) is 1.96. The van der Waals surface area contributed by atoms with Gasteiger partial charge in [0.05, 0.1) is 11.3 Å². The normalized spacial score (nSPS) is 19.9. The molecule has 2 rings (SSSR count). The van der Waals surface area contributed by atoms with E-state index in [9.17, 15) is 0 Å². The number of aromatic nitrogens is 1. The van der Waals surface area contributed by atoms with Crippen molar-refractivity contribution in [3.8, 4) is 6.07 Å². The van der Waals surface area contributed by atoms with Crippen LogP contribution in [0, 0.1) is 11.3 Å². The van der Waals surface area contributed by atoms with Gasteiger partial charge in [0, 0.05) is 12.2 Å². The van der Waals surface area contributed by atoms with E-state index >= 15 is 0 Å². The highest BCUT2D eigenvalue weighted by molar-refractivity contribution is 5.35. The van der Waals surface area contributed by atoms with Crippen molar-refractivity contribution in [3.05, 3.63) is 29.1 Å². The number of pyridine rings is 1. The molecule has 0 amide bonds. The molecule has 0 radical (unpaired) electrons. The Balaban J connectivity index is 2.42. The minimum Gasteiger partial charge on any atom is -0.312 e. The number of nitrogens with zero attached hydrogens (tertiary/aromatic N) is 2. The lowest BCUT2D eigenvalue weighted by Crippen LogP contribution is -2.22. The molecule has 0 fully saturated rings. The molecule has 3 nitrogen and oxygen atoms in total. The lowest BCUT2D eigenvalue weighted by molar-refractivity contribution is 0.483. The molecule has 1 aliphatic carbocycles. The van der Waals surface area contributed by atoms with Crippen LogP contribution in [0.4, 0.5) is 0 Å². The molecule has 14 heavy (non-hydrogen) atoms. The molecule has 0 saturated heterocycles. The molecule has 0 spiro atoms. The third-order valence-corrected chi connectivity index (χ3v) is 2.75. The SMILES string of the molecule is CNC1CCCc2cc(C#N)cnc21. The molecular weight excluding hydrogens is 174 g/mol. The fraction of sp³-hybridized carbons (Fsp3) is 0.455. The third kappa shape index (κ3) is 1.49. The van der Waals surface area contributed by atoms with Gasteiger partial charge >= 0.3 is 0 Å². The summed E-state index contributed by atoms with van der Waals surface area (Å²) in [5, 5.41) is 12.0. The molecule has 1 atom stereocenters. The molecule has 1 heterocycles. The van der Waals surface area contributed by atoms with Gasteiger partial charge < -0.3 is 5.32 Å². The van der Waals surface area contributed by atoms with E-state index in [2.05, 4.69) is 16.4 Å². The van der Waals surface area contributed by atoms with E-state index in [0.717, 1.165) is 18.5 Å². The van der Waals surface area contributed by atoms with E-state index in [0.29, 0.717) is 11.6 Å². The Morgan fingerprint density at radius 2 is 2.50 bits per heavy atom. The molecule has 1 N–H and O–H groups in total. The number of nitriles is 1. The van der Waals surface area contributed by atoms with Crippen molar-refractivity contribution in [2.45, 2.75) is 25.3 Å². The first-order valence-corrected chi connectivity index (χ1v) is 4.91. The smallest absolute Gasteiger partial charge is 0.101 e. The Hall–Kier alpha value is -1.40. The van der Waals surface area contributed by atoms with Crippen LogP contribution in [0.2, 0.25) is 0 Å². The molecule has 1 aromatic heterocycles. The first-order valence-electron chi connectivity index (χ1n) is 4.91. The molecule has 1 aromatic rings. The fourth-order valence-electron chi connectivity index (χ4n) is 2.01. The number of hydrogen-bond acceptors (Lipinski definition) is 3. The van der Waals surface area contributed by atoms with Gasteiger partial charge in [-0.15, -0.1) is 0 Å². The summed E-state index contributed by atoms with van der Waals surface area (Å²) in [6.07, 6.45) is 5.03. The van der Waals surface area contributed by atoms with Crippen molar-refractivity contribution in [2.75, 3.05) is 7.05 Å². The van der Waals surface area contributed by atoms with Crippen LogP contribution in [0.3, 0.4) is 0 Å². The zero-order chi connectivity index (χ0) is 9.97. The van der Waals surface area contributed by atoms with Crippen molar-refractivity contribution < 1.29 is 0 Å². The lowest BCUT2D eigenvalue weighted by Gasteiger charge is -2.23. The van der Waals surface area contributed by atoms with Gasteiger partial charge in [-0.2, -0.15) is 5.26 Å². The lowest BCUT2D eigenvalue weighted by atomic mass is 9.91. The second-order valence-corrected chi connectivity index (χ2v) is 3.61. The quantitative estimate of drug-likeness (QED) is 0.725. The van der Waals surface area contributed by atoms with Crippen LogP contribution >= 0.6 is 0 Å². The summed E-state index contributed by atoms with van der Waals surface area (Å²) in [5.74, 6) is 0. The van der Waals surface area contributed by atoms with Gasteiger partial charge in [-0.1, -0.05) is 0 Å². The van der Waals surface area contributed by atoms with Gasteiger partial charge in [-0.05, 0) is 37.9 Å². The summed E-state index contributed by atoms with van der Waals surface area (Å²) in [4.78, 5) is 4.36. The van der Waals surface area contributed by atoms with E-state index in [1.807, 2.05) is 13.1 Å². The molecule has 0 bridgehead atoms. The Kier molecular flexibility index (Phi) is 2.47. The summed E-state index contributed by atoms with van der Waals surface area (Å²) in [5.41, 5.74) is 3.02. The van der Waals surface area contributed by atoms with Gasteiger partial charge in [0.1, 0.15) is 6.07 Å². The predicted molar refractivity (Wildman–Crippen MR) is 53.7 cm³/mol. The molecule has 3 heteroatoms. The Bertz CT molecular complexity index is 379. The van der Waals surface area contributed by atoms with Crippen molar-refractivity contribution in [1.82, 2.24) is 10.3 Å². The second-order valence-electron chi connectivity index (χ2n) is 3.61. The number of aryl methyl sites for hydroxylation is 1. The maximum atomic E-state index is 8.76. The molecule has 0 saturated carbocycles. The number of rotatable bonds is 1. The number of hydrogen-bond donors (Lipinski definition) is 1. The van der Waals surface area contributed by atoms with E-state index in [1.165, 1.54) is 12.0 Å². The second kappa shape index (κ2) is 3.77. The highest BCUT2D eigenvalue weighted by atomic mass is 14.9. The highest BCUT2D eigenvalue weighted by Gasteiger charge is 2.19. The van der Waals surface area contributed by atoms with E-state index in [-0.39, 0.29) is 0 Å². The van der Waals surface area contributed by atoms with Gasteiger partial charge in [-0.3, -0.25) is 4.98 Å². The van der Waals surface area contributed by atoms with Gasteiger partial charge in [0.25, 0.3) is 0 Å². The van der Waals surface area contributed by atoms with Crippen LogP contribution in [-0.4, -0.2) is 12.0 Å². The zero-order valence-corrected chi connectivity index (χ0v) is 8.25. The average molecular weight is 187 g/mol. The van der Waals surface area contributed by atoms with Gasteiger partial charge in [0.2, 0.25) is 0 Å². The monoisotopic (exact) mass is 187 g/mol. The van der Waals surface area contributed by atoms with E-state index in [1.54, 1.807) is 6.20 Å². The van der Waals surface area contributed by atoms with Crippen LogP contribution < -0.4 is 5.32 Å². The predicted octanol–water partition coefficient (Wildman–Crippen LogP) is 1.55. The molecule has 1 aliphatic rings. The third-order valence-electron chi connectivity index (χ3n) is 2.75. The topological polar surface area (TPSA) is 48.7 Å². The minimum absolute atomic E-state index is 0.367. The van der Waals surface area contributed by atoms with Crippen molar-refractivity contribution in [3.63, 3.8) is 0 Å². The highest BCUT2D eigenvalue weighted by Crippen LogP contribution is 2.27. The summed E-state index contributed by atoms with van der Waals surface area (Å²) in [6.45, 7) is 0. The zero-order valence-electron chi connectivity index (χ0n) is 8.25. The Morgan fingerprint density at radius 1 is 1.64 bits per heavy atom. The minimum atomic E-state index is 0.367. The van der Waals surface area contributed by atoms with Gasteiger partial charge in [-0.25, -0.2) is 0 Å². The molecule has 0 aliphatic heterocycles. The summed E-state index contributed by atoms with van der Waals surface area (Å²) >= 11 is 0. The Morgan fingerprint density at radius 3 is 3.21 bits per heavy atom. The van der Waals surface area contributed by atoms with Crippen LogP contribution in [0.1, 0.15) is 35.7 Å². The van der Waals surface area contributed by atoms with Crippen molar-refractivity contribution in [1.29, 1.82) is 5.26 Å². The first kappa shape index (κ1) is 9.17. The fourth-order valence-corrected chi connectivity index (χ4v) is 2.01. The summed E-state index contributed by atoms with van der Waals surface area (Å²) in [6, 6.07) is 4.46. The van der Waals surface area contributed by atoms with Crippen LogP contribution in [0.25, 0.3) is 0 Å². The van der Waals surface area contributed by atoms with Crippen molar-refractivity contribution >= 4 is 0 Å². The van der Waals surface area contributed by atoms with Gasteiger partial charge in [0.15, 0.2) is 0 Å². The van der Waals surface area contributed by atoms with E-state index in [4.69, 9.17) is 5.26 Å². The molecule has 72 valence electrons. The number of nitrogens with one attached hydrogen (secondary N) is 1. The van der Waals surface area contributed by atoms with Crippen LogP contribution in [-0.2, 0) is 6.42 Å². The molecule has 1 unspecified atom stereocenters. The van der Waals surface area contributed by atoms with Crippen molar-refractivity contribution in [2.24, 2.45) is 0 Å². The standard InChI is InChI=1S/C11H13N3/c1-13-10-4-2-3-9-5-8(6-12)7-14-11(9)10/h5,7,10,13H,2-4H2,1H3. The van der Waals surface area contributed by atoms with Crippen LogP contribution in [0.5, 0.6) is 0 Å².